The van der Waals surface area contributed by atoms with Crippen molar-refractivity contribution >= 4 is 15.9 Å². The number of halogens is 1. The van der Waals surface area contributed by atoms with Gasteiger partial charge in [-0.25, -0.2) is 0 Å². The number of ether oxygens (including phenoxy) is 1. The SMILES string of the molecule is CCCNCc1cccc(OCc2cncc(Br)c2)c1. The van der Waals surface area contributed by atoms with Crippen LogP contribution in [0, 0.1) is 0 Å². The molecule has 0 spiro atoms. The van der Waals surface area contributed by atoms with E-state index in [2.05, 4.69) is 45.3 Å². The molecule has 0 bridgehead atoms. The first-order chi connectivity index (χ1) is 9.78. The first kappa shape index (κ1) is 15.0. The molecule has 0 unspecified atom stereocenters. The monoisotopic (exact) mass is 334 g/mol. The third kappa shape index (κ3) is 4.94. The smallest absolute Gasteiger partial charge is 0.120 e. The van der Waals surface area contributed by atoms with Gasteiger partial charge in [-0.05, 0) is 52.7 Å². The molecule has 1 heterocycles. The average Bonchev–Trinajstić information content (AvgIpc) is 2.46. The Labute approximate surface area is 128 Å². The topological polar surface area (TPSA) is 34.1 Å². The molecule has 0 amide bonds. The summed E-state index contributed by atoms with van der Waals surface area (Å²) in [6, 6.07) is 10.2. The zero-order valence-corrected chi connectivity index (χ0v) is 13.2. The van der Waals surface area contributed by atoms with E-state index in [0.717, 1.165) is 35.3 Å². The predicted molar refractivity (Wildman–Crippen MR) is 84.7 cm³/mol. The van der Waals surface area contributed by atoms with Crippen LogP contribution in [0.15, 0.2) is 47.2 Å². The molecular formula is C16H19BrN2O. The zero-order valence-electron chi connectivity index (χ0n) is 11.6. The first-order valence-corrected chi connectivity index (χ1v) is 7.59. The fraction of sp³-hybridized carbons (Fsp3) is 0.312. The third-order valence-corrected chi connectivity index (χ3v) is 3.26. The van der Waals surface area contributed by atoms with Crippen molar-refractivity contribution in [3.63, 3.8) is 0 Å². The quantitative estimate of drug-likeness (QED) is 0.779. The average molecular weight is 335 g/mol. The third-order valence-electron chi connectivity index (χ3n) is 2.82. The molecule has 2 aromatic rings. The standard InChI is InChI=1S/C16H19BrN2O/c1-2-6-18-9-13-4-3-5-16(8-13)20-12-14-7-15(17)11-19-10-14/h3-5,7-8,10-11,18H,2,6,9,12H2,1H3. The minimum absolute atomic E-state index is 0.526. The minimum Gasteiger partial charge on any atom is -0.489 e. The maximum atomic E-state index is 5.81. The second-order valence-electron chi connectivity index (χ2n) is 4.62. The van der Waals surface area contributed by atoms with Crippen LogP contribution in [0.5, 0.6) is 5.75 Å². The van der Waals surface area contributed by atoms with Gasteiger partial charge in [0.05, 0.1) is 0 Å². The van der Waals surface area contributed by atoms with Crippen molar-refractivity contribution in [2.45, 2.75) is 26.5 Å². The lowest BCUT2D eigenvalue weighted by molar-refractivity contribution is 0.305. The normalized spacial score (nSPS) is 10.5. The van der Waals surface area contributed by atoms with Crippen molar-refractivity contribution in [2.24, 2.45) is 0 Å². The van der Waals surface area contributed by atoms with E-state index in [-0.39, 0.29) is 0 Å². The van der Waals surface area contributed by atoms with E-state index in [4.69, 9.17) is 4.74 Å². The van der Waals surface area contributed by atoms with E-state index in [1.54, 1.807) is 6.20 Å². The Kier molecular flexibility index (Phi) is 6.02. The van der Waals surface area contributed by atoms with Gasteiger partial charge in [0.15, 0.2) is 0 Å². The van der Waals surface area contributed by atoms with Crippen molar-refractivity contribution in [2.75, 3.05) is 6.54 Å². The Balaban J connectivity index is 1.91. The van der Waals surface area contributed by atoms with Gasteiger partial charge >= 0.3 is 0 Å². The summed E-state index contributed by atoms with van der Waals surface area (Å²) >= 11 is 3.41. The second-order valence-corrected chi connectivity index (χ2v) is 5.54. The molecule has 1 aromatic carbocycles. The molecule has 2 rings (SSSR count). The molecule has 4 heteroatoms. The van der Waals surface area contributed by atoms with Gasteiger partial charge in [-0.15, -0.1) is 0 Å². The number of rotatable bonds is 7. The summed E-state index contributed by atoms with van der Waals surface area (Å²) in [5.41, 5.74) is 2.29. The Morgan fingerprint density at radius 3 is 2.90 bits per heavy atom. The Hall–Kier alpha value is -1.39. The highest BCUT2D eigenvalue weighted by molar-refractivity contribution is 9.10. The van der Waals surface area contributed by atoms with Gasteiger partial charge in [0, 0.05) is 29.0 Å². The van der Waals surface area contributed by atoms with Crippen molar-refractivity contribution < 1.29 is 4.74 Å². The summed E-state index contributed by atoms with van der Waals surface area (Å²) in [6.45, 7) is 4.61. The van der Waals surface area contributed by atoms with Crippen LogP contribution in [0.1, 0.15) is 24.5 Å². The summed E-state index contributed by atoms with van der Waals surface area (Å²) in [5, 5.41) is 3.39. The van der Waals surface area contributed by atoms with Crippen LogP contribution in [0.2, 0.25) is 0 Å². The number of nitrogens with zero attached hydrogens (tertiary/aromatic N) is 1. The molecule has 1 N–H and O–H groups in total. The molecule has 3 nitrogen and oxygen atoms in total. The van der Waals surface area contributed by atoms with Crippen LogP contribution in [0.3, 0.4) is 0 Å². The molecule has 0 saturated carbocycles. The van der Waals surface area contributed by atoms with Gasteiger partial charge in [0.2, 0.25) is 0 Å². The maximum absolute atomic E-state index is 5.81. The number of nitrogens with one attached hydrogen (secondary N) is 1. The van der Waals surface area contributed by atoms with Crippen LogP contribution in [-0.2, 0) is 13.2 Å². The molecule has 106 valence electrons. The summed E-state index contributed by atoms with van der Waals surface area (Å²) in [7, 11) is 0. The van der Waals surface area contributed by atoms with E-state index in [1.807, 2.05) is 24.4 Å². The Morgan fingerprint density at radius 1 is 1.20 bits per heavy atom. The van der Waals surface area contributed by atoms with Gasteiger partial charge in [0.1, 0.15) is 12.4 Å². The lowest BCUT2D eigenvalue weighted by atomic mass is 10.2. The number of hydrogen-bond acceptors (Lipinski definition) is 3. The molecule has 0 atom stereocenters. The van der Waals surface area contributed by atoms with Crippen molar-refractivity contribution in [1.29, 1.82) is 0 Å². The fourth-order valence-electron chi connectivity index (χ4n) is 1.86. The number of aromatic nitrogens is 1. The van der Waals surface area contributed by atoms with E-state index >= 15 is 0 Å². The summed E-state index contributed by atoms with van der Waals surface area (Å²) in [4.78, 5) is 4.13. The molecular weight excluding hydrogens is 316 g/mol. The lowest BCUT2D eigenvalue weighted by Crippen LogP contribution is -2.13. The highest BCUT2D eigenvalue weighted by Crippen LogP contribution is 2.16. The molecule has 1 aromatic heterocycles. The molecule has 0 fully saturated rings. The van der Waals surface area contributed by atoms with Crippen LogP contribution in [0.25, 0.3) is 0 Å². The highest BCUT2D eigenvalue weighted by atomic mass is 79.9. The molecule has 20 heavy (non-hydrogen) atoms. The van der Waals surface area contributed by atoms with Gasteiger partial charge in [-0.3, -0.25) is 4.98 Å². The molecule has 0 aliphatic carbocycles. The van der Waals surface area contributed by atoms with Gasteiger partial charge < -0.3 is 10.1 Å². The van der Waals surface area contributed by atoms with Crippen molar-refractivity contribution in [3.8, 4) is 5.75 Å². The van der Waals surface area contributed by atoms with Gasteiger partial charge in [-0.2, -0.15) is 0 Å². The summed E-state index contributed by atoms with van der Waals surface area (Å²) in [6.07, 6.45) is 4.73. The zero-order chi connectivity index (χ0) is 14.2. The molecule has 0 aliphatic rings. The molecule has 0 saturated heterocycles. The van der Waals surface area contributed by atoms with Crippen LogP contribution < -0.4 is 10.1 Å². The number of benzene rings is 1. The van der Waals surface area contributed by atoms with E-state index in [0.29, 0.717) is 6.61 Å². The highest BCUT2D eigenvalue weighted by Gasteiger charge is 1.99. The largest absolute Gasteiger partial charge is 0.489 e. The van der Waals surface area contributed by atoms with Gasteiger partial charge in [-0.1, -0.05) is 19.1 Å². The Bertz CT molecular complexity index is 546. The van der Waals surface area contributed by atoms with E-state index in [1.165, 1.54) is 5.56 Å². The number of pyridine rings is 1. The fourth-order valence-corrected chi connectivity index (χ4v) is 2.27. The van der Waals surface area contributed by atoms with Crippen LogP contribution in [0.4, 0.5) is 0 Å². The van der Waals surface area contributed by atoms with Crippen molar-refractivity contribution in [3.05, 3.63) is 58.3 Å². The number of hydrogen-bond donors (Lipinski definition) is 1. The lowest BCUT2D eigenvalue weighted by Gasteiger charge is -2.09. The summed E-state index contributed by atoms with van der Waals surface area (Å²) in [5.74, 6) is 0.890. The Morgan fingerprint density at radius 2 is 2.10 bits per heavy atom. The predicted octanol–water partition coefficient (Wildman–Crippen LogP) is 3.92. The maximum Gasteiger partial charge on any atom is 0.120 e. The van der Waals surface area contributed by atoms with Crippen molar-refractivity contribution in [1.82, 2.24) is 10.3 Å². The molecule has 0 aliphatic heterocycles. The summed E-state index contributed by atoms with van der Waals surface area (Å²) < 4.78 is 6.77. The van der Waals surface area contributed by atoms with Gasteiger partial charge in [0.25, 0.3) is 0 Å². The van der Waals surface area contributed by atoms with Crippen LogP contribution >= 0.6 is 15.9 Å². The molecule has 0 radical (unpaired) electrons. The second kappa shape index (κ2) is 8.02. The minimum atomic E-state index is 0.526. The van der Waals surface area contributed by atoms with E-state index in [9.17, 15) is 0 Å². The first-order valence-electron chi connectivity index (χ1n) is 6.80. The van der Waals surface area contributed by atoms with E-state index < -0.39 is 0 Å². The van der Waals surface area contributed by atoms with Crippen LogP contribution in [-0.4, -0.2) is 11.5 Å².